The summed E-state index contributed by atoms with van der Waals surface area (Å²) >= 11 is 3.36. The van der Waals surface area contributed by atoms with Crippen molar-refractivity contribution < 1.29 is 9.90 Å². The van der Waals surface area contributed by atoms with Gasteiger partial charge in [0.25, 0.3) is 5.91 Å². The SMILES string of the molecule is Nc1ccc(Br)c(C(=O)N2CCC(O)CC2)c1. The minimum atomic E-state index is -0.275. The predicted octanol–water partition coefficient (Wildman–Crippen LogP) is 1.63. The first-order chi connectivity index (χ1) is 8.08. The minimum Gasteiger partial charge on any atom is -0.399 e. The number of hydrogen-bond acceptors (Lipinski definition) is 3. The molecule has 3 N–H and O–H groups in total. The number of amides is 1. The second-order valence-electron chi connectivity index (χ2n) is 4.26. The van der Waals surface area contributed by atoms with Crippen molar-refractivity contribution in [3.05, 3.63) is 28.2 Å². The van der Waals surface area contributed by atoms with E-state index in [1.54, 1.807) is 23.1 Å². The summed E-state index contributed by atoms with van der Waals surface area (Å²) in [5.41, 5.74) is 6.85. The Morgan fingerprint density at radius 1 is 1.41 bits per heavy atom. The zero-order valence-electron chi connectivity index (χ0n) is 9.40. The Morgan fingerprint density at radius 2 is 2.06 bits per heavy atom. The van der Waals surface area contributed by atoms with Crippen LogP contribution >= 0.6 is 15.9 Å². The predicted molar refractivity (Wildman–Crippen MR) is 69.7 cm³/mol. The van der Waals surface area contributed by atoms with E-state index in [2.05, 4.69) is 15.9 Å². The van der Waals surface area contributed by atoms with Crippen LogP contribution < -0.4 is 5.73 Å². The Kier molecular flexibility index (Phi) is 3.69. The minimum absolute atomic E-state index is 0.0314. The molecule has 1 aliphatic rings. The largest absolute Gasteiger partial charge is 0.399 e. The fourth-order valence-corrected chi connectivity index (χ4v) is 2.36. The Hall–Kier alpha value is -1.07. The van der Waals surface area contributed by atoms with Crippen LogP contribution in [-0.2, 0) is 0 Å². The van der Waals surface area contributed by atoms with E-state index in [1.165, 1.54) is 0 Å². The second kappa shape index (κ2) is 5.06. The lowest BCUT2D eigenvalue weighted by Gasteiger charge is -2.30. The van der Waals surface area contributed by atoms with E-state index >= 15 is 0 Å². The molecule has 0 aliphatic carbocycles. The van der Waals surface area contributed by atoms with Crippen molar-refractivity contribution >= 4 is 27.5 Å². The fraction of sp³-hybridized carbons (Fsp3) is 0.417. The maximum Gasteiger partial charge on any atom is 0.255 e. The zero-order chi connectivity index (χ0) is 12.4. The Balaban J connectivity index is 2.16. The molecule has 1 heterocycles. The van der Waals surface area contributed by atoms with E-state index in [9.17, 15) is 9.90 Å². The highest BCUT2D eigenvalue weighted by Crippen LogP contribution is 2.22. The molecule has 0 bridgehead atoms. The number of aliphatic hydroxyl groups excluding tert-OH is 1. The summed E-state index contributed by atoms with van der Waals surface area (Å²) in [7, 11) is 0. The third kappa shape index (κ3) is 2.79. The van der Waals surface area contributed by atoms with Crippen molar-refractivity contribution in [2.24, 2.45) is 0 Å². The number of piperidine rings is 1. The monoisotopic (exact) mass is 298 g/mol. The molecule has 2 rings (SSSR count). The Labute approximate surface area is 109 Å². The first-order valence-electron chi connectivity index (χ1n) is 5.60. The van der Waals surface area contributed by atoms with Gasteiger partial charge in [0.15, 0.2) is 0 Å². The number of anilines is 1. The second-order valence-corrected chi connectivity index (χ2v) is 5.12. The lowest BCUT2D eigenvalue weighted by molar-refractivity contribution is 0.0546. The molecule has 1 amide bonds. The third-order valence-electron chi connectivity index (χ3n) is 2.97. The van der Waals surface area contributed by atoms with Gasteiger partial charge in [0, 0.05) is 23.2 Å². The summed E-state index contributed by atoms with van der Waals surface area (Å²) in [6.07, 6.45) is 1.01. The summed E-state index contributed by atoms with van der Waals surface area (Å²) in [6, 6.07) is 5.21. The molecule has 0 unspecified atom stereocenters. The molecule has 0 spiro atoms. The summed E-state index contributed by atoms with van der Waals surface area (Å²) < 4.78 is 0.753. The van der Waals surface area contributed by atoms with Crippen LogP contribution in [0.25, 0.3) is 0 Å². The van der Waals surface area contributed by atoms with Crippen LogP contribution in [0, 0.1) is 0 Å². The summed E-state index contributed by atoms with van der Waals surface area (Å²) in [5, 5.41) is 9.41. The molecule has 1 aromatic carbocycles. The van der Waals surface area contributed by atoms with E-state index in [-0.39, 0.29) is 12.0 Å². The van der Waals surface area contributed by atoms with Crippen molar-refractivity contribution in [1.29, 1.82) is 0 Å². The van der Waals surface area contributed by atoms with Crippen molar-refractivity contribution in [3.63, 3.8) is 0 Å². The number of likely N-dealkylation sites (tertiary alicyclic amines) is 1. The van der Waals surface area contributed by atoms with Gasteiger partial charge < -0.3 is 15.7 Å². The Morgan fingerprint density at radius 3 is 2.71 bits per heavy atom. The van der Waals surface area contributed by atoms with E-state index < -0.39 is 0 Å². The van der Waals surface area contributed by atoms with Crippen LogP contribution in [0.4, 0.5) is 5.69 Å². The number of nitrogens with two attached hydrogens (primary N) is 1. The maximum absolute atomic E-state index is 12.2. The molecule has 0 radical (unpaired) electrons. The molecule has 5 heteroatoms. The highest BCUT2D eigenvalue weighted by atomic mass is 79.9. The highest BCUT2D eigenvalue weighted by Gasteiger charge is 2.23. The smallest absolute Gasteiger partial charge is 0.255 e. The number of nitrogens with zero attached hydrogens (tertiary/aromatic N) is 1. The average molecular weight is 299 g/mol. The molecule has 0 atom stereocenters. The maximum atomic E-state index is 12.2. The lowest BCUT2D eigenvalue weighted by atomic mass is 10.1. The average Bonchev–Trinajstić information content (AvgIpc) is 2.32. The Bertz CT molecular complexity index is 429. The van der Waals surface area contributed by atoms with Gasteiger partial charge in [-0.25, -0.2) is 0 Å². The number of aliphatic hydroxyl groups is 1. The first-order valence-corrected chi connectivity index (χ1v) is 6.39. The number of nitrogen functional groups attached to an aromatic ring is 1. The molecule has 1 fully saturated rings. The van der Waals surface area contributed by atoms with Gasteiger partial charge >= 0.3 is 0 Å². The number of halogens is 1. The normalized spacial score (nSPS) is 17.2. The van der Waals surface area contributed by atoms with Gasteiger partial charge in [-0.3, -0.25) is 4.79 Å². The van der Waals surface area contributed by atoms with E-state index in [0.29, 0.717) is 37.2 Å². The van der Waals surface area contributed by atoms with E-state index in [4.69, 9.17) is 5.73 Å². The lowest BCUT2D eigenvalue weighted by Crippen LogP contribution is -2.40. The van der Waals surface area contributed by atoms with Gasteiger partial charge in [-0.05, 0) is 47.0 Å². The molecule has 4 nitrogen and oxygen atoms in total. The molecular formula is C12H15BrN2O2. The topological polar surface area (TPSA) is 66.6 Å². The molecule has 17 heavy (non-hydrogen) atoms. The molecule has 1 saturated heterocycles. The molecular weight excluding hydrogens is 284 g/mol. The van der Waals surface area contributed by atoms with Crippen molar-refractivity contribution in [1.82, 2.24) is 4.90 Å². The van der Waals surface area contributed by atoms with Crippen molar-refractivity contribution in [2.45, 2.75) is 18.9 Å². The van der Waals surface area contributed by atoms with Crippen molar-refractivity contribution in [2.75, 3.05) is 18.8 Å². The quantitative estimate of drug-likeness (QED) is 0.775. The van der Waals surface area contributed by atoms with Gasteiger partial charge in [0.1, 0.15) is 0 Å². The molecule has 0 saturated carbocycles. The summed E-state index contributed by atoms with van der Waals surface area (Å²) in [6.45, 7) is 1.20. The number of carbonyl (C=O) groups excluding carboxylic acids is 1. The van der Waals surface area contributed by atoms with Gasteiger partial charge in [-0.15, -0.1) is 0 Å². The first kappa shape index (κ1) is 12.4. The molecule has 1 aliphatic heterocycles. The van der Waals surface area contributed by atoms with Crippen LogP contribution in [-0.4, -0.2) is 35.1 Å². The van der Waals surface area contributed by atoms with Gasteiger partial charge in [0.2, 0.25) is 0 Å². The van der Waals surface area contributed by atoms with Gasteiger partial charge in [-0.2, -0.15) is 0 Å². The summed E-state index contributed by atoms with van der Waals surface area (Å²) in [4.78, 5) is 14.0. The highest BCUT2D eigenvalue weighted by molar-refractivity contribution is 9.10. The van der Waals surface area contributed by atoms with Crippen molar-refractivity contribution in [3.8, 4) is 0 Å². The molecule has 92 valence electrons. The number of benzene rings is 1. The number of hydrogen-bond donors (Lipinski definition) is 2. The van der Waals surface area contributed by atoms with Crippen LogP contribution in [0.3, 0.4) is 0 Å². The van der Waals surface area contributed by atoms with Crippen LogP contribution in [0.1, 0.15) is 23.2 Å². The molecule has 0 aromatic heterocycles. The van der Waals surface area contributed by atoms with E-state index in [0.717, 1.165) is 4.47 Å². The van der Waals surface area contributed by atoms with Crippen LogP contribution in [0.5, 0.6) is 0 Å². The zero-order valence-corrected chi connectivity index (χ0v) is 11.0. The number of rotatable bonds is 1. The number of carbonyl (C=O) groups is 1. The van der Waals surface area contributed by atoms with Gasteiger partial charge in [0.05, 0.1) is 11.7 Å². The fourth-order valence-electron chi connectivity index (χ4n) is 1.95. The summed E-state index contributed by atoms with van der Waals surface area (Å²) in [5.74, 6) is -0.0314. The van der Waals surface area contributed by atoms with E-state index in [1.807, 2.05) is 0 Å². The standard InChI is InChI=1S/C12H15BrN2O2/c13-11-2-1-8(14)7-10(11)12(17)15-5-3-9(16)4-6-15/h1-2,7,9,16H,3-6,14H2. The van der Waals surface area contributed by atoms with Gasteiger partial charge in [-0.1, -0.05) is 0 Å². The molecule has 1 aromatic rings. The van der Waals surface area contributed by atoms with Crippen LogP contribution in [0.2, 0.25) is 0 Å². The van der Waals surface area contributed by atoms with Crippen LogP contribution in [0.15, 0.2) is 22.7 Å². The third-order valence-corrected chi connectivity index (χ3v) is 3.66.